The zero-order valence-electron chi connectivity index (χ0n) is 18.5. The van der Waals surface area contributed by atoms with Crippen LogP contribution in [0.25, 0.3) is 0 Å². The molecular formula is C25H25ClN6O2. The van der Waals surface area contributed by atoms with Gasteiger partial charge in [0.2, 0.25) is 5.84 Å². The van der Waals surface area contributed by atoms with Gasteiger partial charge in [0.05, 0.1) is 17.8 Å². The van der Waals surface area contributed by atoms with Crippen molar-refractivity contribution in [3.63, 3.8) is 0 Å². The van der Waals surface area contributed by atoms with Gasteiger partial charge in [-0.1, -0.05) is 41.9 Å². The number of rotatable bonds is 6. The number of nitrogens with one attached hydrogen (secondary N) is 1. The van der Waals surface area contributed by atoms with Crippen LogP contribution in [0.1, 0.15) is 5.56 Å². The van der Waals surface area contributed by atoms with Crippen molar-refractivity contribution in [3.8, 4) is 5.75 Å². The number of para-hydroxylation sites is 2. The first-order chi connectivity index (χ1) is 16.6. The molecule has 1 aliphatic rings. The van der Waals surface area contributed by atoms with E-state index >= 15 is 0 Å². The first kappa shape index (κ1) is 23.4. The van der Waals surface area contributed by atoms with Crippen LogP contribution in [0.3, 0.4) is 0 Å². The van der Waals surface area contributed by atoms with Crippen molar-refractivity contribution in [2.24, 2.45) is 15.3 Å². The monoisotopic (exact) mass is 476 g/mol. The first-order valence-corrected chi connectivity index (χ1v) is 11.3. The van der Waals surface area contributed by atoms with E-state index in [1.807, 2.05) is 18.2 Å². The number of hydrogen-bond donors (Lipinski definition) is 2. The van der Waals surface area contributed by atoms with E-state index < -0.39 is 0 Å². The lowest BCUT2D eigenvalue weighted by Crippen LogP contribution is -2.49. The van der Waals surface area contributed by atoms with Crippen LogP contribution in [-0.2, 0) is 4.79 Å². The Labute approximate surface area is 203 Å². The van der Waals surface area contributed by atoms with E-state index in [4.69, 9.17) is 11.6 Å². The molecule has 0 aromatic heterocycles. The van der Waals surface area contributed by atoms with Crippen molar-refractivity contribution in [2.75, 3.05) is 37.6 Å². The lowest BCUT2D eigenvalue weighted by atomic mass is 10.2. The highest BCUT2D eigenvalue weighted by atomic mass is 35.5. The normalized spacial score (nSPS) is 15.0. The Hall–Kier alpha value is -3.75. The number of amides is 1. The minimum Gasteiger partial charge on any atom is -0.507 e. The molecule has 3 aromatic carbocycles. The summed E-state index contributed by atoms with van der Waals surface area (Å²) in [5.41, 5.74) is 4.66. The summed E-state index contributed by atoms with van der Waals surface area (Å²) in [5, 5.41) is 23.3. The van der Waals surface area contributed by atoms with Gasteiger partial charge in [0.1, 0.15) is 5.75 Å². The van der Waals surface area contributed by atoms with Gasteiger partial charge in [0.25, 0.3) is 5.91 Å². The van der Waals surface area contributed by atoms with E-state index in [0.29, 0.717) is 16.3 Å². The molecule has 174 valence electrons. The molecule has 0 bridgehead atoms. The number of hydrogen-bond acceptors (Lipinski definition) is 6. The van der Waals surface area contributed by atoms with Gasteiger partial charge in [-0.2, -0.15) is 5.10 Å². The van der Waals surface area contributed by atoms with Crippen molar-refractivity contribution >= 4 is 34.7 Å². The number of amidine groups is 1. The number of carbonyl (C=O) groups is 1. The molecular weight excluding hydrogens is 452 g/mol. The molecule has 0 aliphatic carbocycles. The zero-order chi connectivity index (χ0) is 23.8. The van der Waals surface area contributed by atoms with Crippen molar-refractivity contribution < 1.29 is 9.90 Å². The smallest absolute Gasteiger partial charge is 0.254 e. The average Bonchev–Trinajstić information content (AvgIpc) is 2.87. The summed E-state index contributed by atoms with van der Waals surface area (Å²) in [6.07, 6.45) is 0. The predicted octanol–water partition coefficient (Wildman–Crippen LogP) is 4.43. The molecule has 1 heterocycles. The number of carbonyl (C=O) groups excluding carboxylic acids is 1. The quantitative estimate of drug-likeness (QED) is 0.238. The highest BCUT2D eigenvalue weighted by Gasteiger charge is 2.19. The highest BCUT2D eigenvalue weighted by Crippen LogP contribution is 2.20. The lowest BCUT2D eigenvalue weighted by Gasteiger charge is -2.35. The molecule has 34 heavy (non-hydrogen) atoms. The van der Waals surface area contributed by atoms with E-state index in [1.54, 1.807) is 42.5 Å². The van der Waals surface area contributed by atoms with Gasteiger partial charge in [-0.25, -0.2) is 5.43 Å². The van der Waals surface area contributed by atoms with E-state index in [9.17, 15) is 9.90 Å². The number of halogens is 1. The lowest BCUT2D eigenvalue weighted by molar-refractivity contribution is -0.122. The maximum absolute atomic E-state index is 12.6. The number of azo groups is 1. The van der Waals surface area contributed by atoms with Crippen LogP contribution in [0.5, 0.6) is 5.75 Å². The van der Waals surface area contributed by atoms with Crippen LogP contribution in [0, 0.1) is 0 Å². The Bertz CT molecular complexity index is 1160. The maximum Gasteiger partial charge on any atom is 0.254 e. The number of nitrogens with zero attached hydrogens (tertiary/aromatic N) is 5. The molecule has 1 saturated heterocycles. The fraction of sp³-hybridized carbons (Fsp3) is 0.200. The van der Waals surface area contributed by atoms with Crippen LogP contribution in [-0.4, -0.2) is 54.5 Å². The Morgan fingerprint density at radius 3 is 2.29 bits per heavy atom. The number of phenols is 1. The number of aromatic hydroxyl groups is 1. The number of piperazine rings is 1. The van der Waals surface area contributed by atoms with Crippen molar-refractivity contribution in [2.45, 2.75) is 0 Å². The summed E-state index contributed by atoms with van der Waals surface area (Å²) in [6, 6.07) is 23.7. The molecule has 9 heteroatoms. The van der Waals surface area contributed by atoms with Crippen LogP contribution in [0.2, 0.25) is 5.02 Å². The van der Waals surface area contributed by atoms with Crippen LogP contribution in [0.4, 0.5) is 11.4 Å². The second kappa shape index (κ2) is 11.4. The van der Waals surface area contributed by atoms with Gasteiger partial charge in [-0.05, 0) is 48.5 Å². The summed E-state index contributed by atoms with van der Waals surface area (Å²) < 4.78 is 0. The summed E-state index contributed by atoms with van der Waals surface area (Å²) in [6.45, 7) is 3.45. The third-order valence-electron chi connectivity index (χ3n) is 5.38. The molecule has 0 spiro atoms. The first-order valence-electron chi connectivity index (χ1n) is 10.9. The second-order valence-electron chi connectivity index (χ2n) is 7.76. The van der Waals surface area contributed by atoms with Gasteiger partial charge in [-0.3, -0.25) is 9.69 Å². The van der Waals surface area contributed by atoms with Gasteiger partial charge < -0.3 is 10.0 Å². The predicted molar refractivity (Wildman–Crippen MR) is 134 cm³/mol. The molecule has 3 aromatic rings. The number of benzene rings is 3. The number of anilines is 1. The summed E-state index contributed by atoms with van der Waals surface area (Å²) in [7, 11) is 0. The minimum atomic E-state index is -0.261. The molecule has 2 N–H and O–H groups in total. The van der Waals surface area contributed by atoms with E-state index in [2.05, 4.69) is 42.7 Å². The topological polar surface area (TPSA) is 92.9 Å². The Morgan fingerprint density at radius 1 is 0.912 bits per heavy atom. The molecule has 1 amide bonds. The van der Waals surface area contributed by atoms with Gasteiger partial charge in [-0.15, -0.1) is 10.2 Å². The van der Waals surface area contributed by atoms with Crippen LogP contribution < -0.4 is 10.3 Å². The van der Waals surface area contributed by atoms with Gasteiger partial charge in [0.15, 0.2) is 0 Å². The molecule has 8 nitrogen and oxygen atoms in total. The largest absolute Gasteiger partial charge is 0.507 e. The zero-order valence-corrected chi connectivity index (χ0v) is 19.3. The molecule has 0 saturated carbocycles. The van der Waals surface area contributed by atoms with Crippen molar-refractivity contribution in [1.29, 1.82) is 0 Å². The summed E-state index contributed by atoms with van der Waals surface area (Å²) in [5.74, 6) is -0.180. The fourth-order valence-electron chi connectivity index (χ4n) is 3.57. The van der Waals surface area contributed by atoms with E-state index in [1.165, 1.54) is 11.8 Å². The van der Waals surface area contributed by atoms with Gasteiger partial charge >= 0.3 is 0 Å². The maximum atomic E-state index is 12.6. The molecule has 0 unspecified atom stereocenters. The minimum absolute atomic E-state index is 0.0115. The Kier molecular flexibility index (Phi) is 7.85. The Balaban J connectivity index is 1.39. The standard InChI is InChI=1S/C25H25ClN6O2/c26-19-10-12-20(13-11-19)27-29-25(22-8-4-5-9-23(22)33)30-28-24(34)18-31-14-16-32(17-15-31)21-6-2-1-3-7-21/h1-13,33H,14-18H2,(H,28,34). The SMILES string of the molecule is O=C(CN1CCN(c2ccccc2)CC1)NN=C(N=Nc1ccc(Cl)cc1)c1ccccc1O. The second-order valence-corrected chi connectivity index (χ2v) is 8.20. The molecule has 0 radical (unpaired) electrons. The van der Waals surface area contributed by atoms with Gasteiger partial charge in [0, 0.05) is 36.9 Å². The Morgan fingerprint density at radius 2 is 1.59 bits per heavy atom. The van der Waals surface area contributed by atoms with E-state index in [0.717, 1.165) is 26.2 Å². The van der Waals surface area contributed by atoms with Crippen LogP contribution >= 0.6 is 11.6 Å². The number of phenolic OH excluding ortho intramolecular Hbond substituents is 1. The fourth-order valence-corrected chi connectivity index (χ4v) is 3.69. The van der Waals surface area contributed by atoms with Crippen molar-refractivity contribution in [3.05, 3.63) is 89.4 Å². The summed E-state index contributed by atoms with van der Waals surface area (Å²) in [4.78, 5) is 17.0. The van der Waals surface area contributed by atoms with E-state index in [-0.39, 0.29) is 24.0 Å². The molecule has 1 aliphatic heterocycles. The number of hydrazone groups is 1. The van der Waals surface area contributed by atoms with Crippen molar-refractivity contribution in [1.82, 2.24) is 10.3 Å². The summed E-state index contributed by atoms with van der Waals surface area (Å²) >= 11 is 5.91. The molecule has 1 fully saturated rings. The molecule has 0 atom stereocenters. The third kappa shape index (κ3) is 6.40. The van der Waals surface area contributed by atoms with Crippen LogP contribution in [0.15, 0.2) is 94.2 Å². The highest BCUT2D eigenvalue weighted by molar-refractivity contribution is 6.30. The molecule has 4 rings (SSSR count). The third-order valence-corrected chi connectivity index (χ3v) is 5.63. The average molecular weight is 477 g/mol.